The molecule has 6 heteroatoms. The standard InChI is InChI=1S/C14H24N4O.ClH/c1-11-9-17-18(10-11)7-6-16-14(19)8-12-4-2-3-5-13(12)15;/h9-10,12-13H,2-8,15H2,1H3,(H,16,19);1H. The lowest BCUT2D eigenvalue weighted by Crippen LogP contribution is -2.37. The summed E-state index contributed by atoms with van der Waals surface area (Å²) in [6.07, 6.45) is 8.93. The fraction of sp³-hybridized carbons (Fsp3) is 0.714. The van der Waals surface area contributed by atoms with Crippen LogP contribution in [0.2, 0.25) is 0 Å². The van der Waals surface area contributed by atoms with E-state index in [1.54, 1.807) is 0 Å². The van der Waals surface area contributed by atoms with Gasteiger partial charge >= 0.3 is 0 Å². The van der Waals surface area contributed by atoms with Crippen molar-refractivity contribution in [1.29, 1.82) is 0 Å². The quantitative estimate of drug-likeness (QED) is 0.868. The molecule has 20 heavy (non-hydrogen) atoms. The number of amides is 1. The lowest BCUT2D eigenvalue weighted by molar-refractivity contribution is -0.122. The maximum absolute atomic E-state index is 11.9. The van der Waals surface area contributed by atoms with Crippen LogP contribution in [0.25, 0.3) is 0 Å². The number of hydrogen-bond acceptors (Lipinski definition) is 3. The minimum atomic E-state index is 0. The van der Waals surface area contributed by atoms with Gasteiger partial charge in [-0.25, -0.2) is 0 Å². The molecule has 2 rings (SSSR count). The molecule has 1 amide bonds. The zero-order valence-electron chi connectivity index (χ0n) is 12.0. The fourth-order valence-electron chi connectivity index (χ4n) is 2.70. The Labute approximate surface area is 126 Å². The Balaban J connectivity index is 0.00000200. The van der Waals surface area contributed by atoms with Crippen LogP contribution in [0, 0.1) is 12.8 Å². The van der Waals surface area contributed by atoms with E-state index < -0.39 is 0 Å². The van der Waals surface area contributed by atoms with Gasteiger partial charge in [-0.1, -0.05) is 12.8 Å². The van der Waals surface area contributed by atoms with Crippen LogP contribution >= 0.6 is 12.4 Å². The van der Waals surface area contributed by atoms with Crippen molar-refractivity contribution in [2.45, 2.75) is 51.6 Å². The number of rotatable bonds is 5. The van der Waals surface area contributed by atoms with Gasteiger partial charge in [0, 0.05) is 25.2 Å². The van der Waals surface area contributed by atoms with Crippen LogP contribution in [0.3, 0.4) is 0 Å². The average Bonchev–Trinajstić information content (AvgIpc) is 2.78. The molecule has 2 atom stereocenters. The molecule has 0 aliphatic heterocycles. The molecular weight excluding hydrogens is 276 g/mol. The summed E-state index contributed by atoms with van der Waals surface area (Å²) < 4.78 is 1.85. The van der Waals surface area contributed by atoms with Crippen LogP contribution in [0.1, 0.15) is 37.7 Å². The highest BCUT2D eigenvalue weighted by molar-refractivity contribution is 5.85. The molecule has 1 heterocycles. The topological polar surface area (TPSA) is 72.9 Å². The molecule has 1 aliphatic carbocycles. The van der Waals surface area contributed by atoms with E-state index in [2.05, 4.69) is 10.4 Å². The van der Waals surface area contributed by atoms with E-state index in [0.29, 0.717) is 18.9 Å². The van der Waals surface area contributed by atoms with Crippen LogP contribution in [0.4, 0.5) is 0 Å². The zero-order valence-corrected chi connectivity index (χ0v) is 12.9. The first-order valence-corrected chi connectivity index (χ1v) is 7.16. The Morgan fingerprint density at radius 1 is 1.50 bits per heavy atom. The molecule has 1 saturated carbocycles. The van der Waals surface area contributed by atoms with Gasteiger partial charge in [0.05, 0.1) is 12.7 Å². The normalized spacial score (nSPS) is 22.1. The third kappa shape index (κ3) is 5.13. The van der Waals surface area contributed by atoms with Crippen molar-refractivity contribution >= 4 is 18.3 Å². The molecule has 114 valence electrons. The smallest absolute Gasteiger partial charge is 0.220 e. The number of carbonyl (C=O) groups excluding carboxylic acids is 1. The minimum absolute atomic E-state index is 0. The van der Waals surface area contributed by atoms with Crippen molar-refractivity contribution in [3.63, 3.8) is 0 Å². The van der Waals surface area contributed by atoms with Crippen molar-refractivity contribution in [2.24, 2.45) is 11.7 Å². The van der Waals surface area contributed by atoms with Crippen molar-refractivity contribution in [3.8, 4) is 0 Å². The van der Waals surface area contributed by atoms with Gasteiger partial charge in [0.15, 0.2) is 0 Å². The molecule has 1 aliphatic rings. The van der Waals surface area contributed by atoms with E-state index in [-0.39, 0.29) is 24.4 Å². The first-order chi connectivity index (χ1) is 9.15. The third-order valence-electron chi connectivity index (χ3n) is 3.84. The Morgan fingerprint density at radius 3 is 2.90 bits per heavy atom. The fourth-order valence-corrected chi connectivity index (χ4v) is 2.70. The average molecular weight is 301 g/mol. The molecule has 0 saturated heterocycles. The van der Waals surface area contributed by atoms with Crippen LogP contribution in [-0.4, -0.2) is 28.3 Å². The Hall–Kier alpha value is -1.07. The lowest BCUT2D eigenvalue weighted by atomic mass is 9.83. The van der Waals surface area contributed by atoms with Gasteiger partial charge in [-0.3, -0.25) is 9.48 Å². The SMILES string of the molecule is Cc1cnn(CCNC(=O)CC2CCCCC2N)c1.Cl. The third-order valence-corrected chi connectivity index (χ3v) is 3.84. The summed E-state index contributed by atoms with van der Waals surface area (Å²) in [6.45, 7) is 3.35. The van der Waals surface area contributed by atoms with E-state index in [1.165, 1.54) is 12.8 Å². The minimum Gasteiger partial charge on any atom is -0.354 e. The predicted molar refractivity (Wildman–Crippen MR) is 81.8 cm³/mol. The zero-order chi connectivity index (χ0) is 13.7. The second kappa shape index (κ2) is 8.27. The van der Waals surface area contributed by atoms with Gasteiger partial charge in [0.2, 0.25) is 5.91 Å². The highest BCUT2D eigenvalue weighted by Gasteiger charge is 2.23. The van der Waals surface area contributed by atoms with Gasteiger partial charge in [0.25, 0.3) is 0 Å². The van der Waals surface area contributed by atoms with Crippen LogP contribution in [0.15, 0.2) is 12.4 Å². The summed E-state index contributed by atoms with van der Waals surface area (Å²) in [7, 11) is 0. The van der Waals surface area contributed by atoms with Crippen molar-refractivity contribution in [3.05, 3.63) is 18.0 Å². The van der Waals surface area contributed by atoms with Crippen molar-refractivity contribution in [1.82, 2.24) is 15.1 Å². The Bertz CT molecular complexity index is 421. The van der Waals surface area contributed by atoms with Crippen LogP contribution < -0.4 is 11.1 Å². The molecule has 0 radical (unpaired) electrons. The van der Waals surface area contributed by atoms with E-state index in [0.717, 1.165) is 24.9 Å². The van der Waals surface area contributed by atoms with Gasteiger partial charge in [-0.15, -0.1) is 12.4 Å². The molecule has 1 fully saturated rings. The number of hydrogen-bond donors (Lipinski definition) is 2. The second-order valence-electron chi connectivity index (χ2n) is 5.54. The van der Waals surface area contributed by atoms with E-state index in [9.17, 15) is 4.79 Å². The van der Waals surface area contributed by atoms with E-state index in [4.69, 9.17) is 5.73 Å². The molecule has 0 aromatic carbocycles. The number of nitrogens with zero attached hydrogens (tertiary/aromatic N) is 2. The molecular formula is C14H25ClN4O. The van der Waals surface area contributed by atoms with Gasteiger partial charge in [0.1, 0.15) is 0 Å². The van der Waals surface area contributed by atoms with E-state index in [1.807, 2.05) is 24.0 Å². The summed E-state index contributed by atoms with van der Waals surface area (Å²) in [6, 6.07) is 0.202. The first kappa shape index (κ1) is 17.0. The summed E-state index contributed by atoms with van der Waals surface area (Å²) >= 11 is 0. The Kier molecular flexibility index (Phi) is 7.02. The summed E-state index contributed by atoms with van der Waals surface area (Å²) in [4.78, 5) is 11.9. The molecule has 1 aromatic rings. The lowest BCUT2D eigenvalue weighted by Gasteiger charge is -2.27. The number of aromatic nitrogens is 2. The second-order valence-corrected chi connectivity index (χ2v) is 5.54. The number of nitrogens with two attached hydrogens (primary N) is 1. The molecule has 0 spiro atoms. The molecule has 0 bridgehead atoms. The summed E-state index contributed by atoms with van der Waals surface area (Å²) in [5.41, 5.74) is 7.19. The Morgan fingerprint density at radius 2 is 2.25 bits per heavy atom. The number of carbonyl (C=O) groups is 1. The maximum Gasteiger partial charge on any atom is 0.220 e. The van der Waals surface area contributed by atoms with Crippen molar-refractivity contribution in [2.75, 3.05) is 6.54 Å². The number of aryl methyl sites for hydroxylation is 1. The van der Waals surface area contributed by atoms with Gasteiger partial charge in [-0.05, 0) is 31.2 Å². The number of nitrogens with one attached hydrogen (secondary N) is 1. The largest absolute Gasteiger partial charge is 0.354 e. The molecule has 5 nitrogen and oxygen atoms in total. The number of halogens is 1. The van der Waals surface area contributed by atoms with Gasteiger partial charge < -0.3 is 11.1 Å². The molecule has 1 aromatic heterocycles. The summed E-state index contributed by atoms with van der Waals surface area (Å²) in [5.74, 6) is 0.479. The monoisotopic (exact) mass is 300 g/mol. The van der Waals surface area contributed by atoms with Crippen LogP contribution in [0.5, 0.6) is 0 Å². The van der Waals surface area contributed by atoms with E-state index >= 15 is 0 Å². The molecule has 3 N–H and O–H groups in total. The van der Waals surface area contributed by atoms with Crippen molar-refractivity contribution < 1.29 is 4.79 Å². The van der Waals surface area contributed by atoms with Crippen LogP contribution in [-0.2, 0) is 11.3 Å². The maximum atomic E-state index is 11.9. The highest BCUT2D eigenvalue weighted by atomic mass is 35.5. The highest BCUT2D eigenvalue weighted by Crippen LogP contribution is 2.25. The predicted octanol–water partition coefficient (Wildman–Crippen LogP) is 1.64. The first-order valence-electron chi connectivity index (χ1n) is 7.16. The van der Waals surface area contributed by atoms with Gasteiger partial charge in [-0.2, -0.15) is 5.10 Å². The summed E-state index contributed by atoms with van der Waals surface area (Å²) in [5, 5.41) is 7.14. The molecule has 2 unspecified atom stereocenters.